The zero-order valence-corrected chi connectivity index (χ0v) is 18.0. The molecule has 1 aliphatic heterocycles. The maximum Gasteiger partial charge on any atom is 0.237 e. The minimum atomic E-state index is 0.295. The van der Waals surface area contributed by atoms with Crippen molar-refractivity contribution in [3.05, 3.63) is 66.1 Å². The molecule has 8 heteroatoms. The number of benzene rings is 1. The minimum absolute atomic E-state index is 0.295. The molecule has 0 radical (unpaired) electrons. The lowest BCUT2D eigenvalue weighted by Crippen LogP contribution is -2.13. The number of ether oxygens (including phenoxy) is 1. The monoisotopic (exact) mass is 425 g/mol. The Morgan fingerprint density at radius 3 is 2.69 bits per heavy atom. The Labute approximate surface area is 186 Å². The summed E-state index contributed by atoms with van der Waals surface area (Å²) in [6.07, 6.45) is 4.53. The third-order valence-electron chi connectivity index (χ3n) is 5.80. The maximum absolute atomic E-state index is 9.25. The van der Waals surface area contributed by atoms with Gasteiger partial charge in [-0.05, 0) is 62.5 Å². The minimum Gasteiger partial charge on any atom is -0.438 e. The fourth-order valence-electron chi connectivity index (χ4n) is 4.23. The molecule has 0 aliphatic carbocycles. The Hall–Kier alpha value is -3.96. The number of likely N-dealkylation sites (tertiary alicyclic amines) is 1. The van der Waals surface area contributed by atoms with Crippen LogP contribution in [-0.4, -0.2) is 51.4 Å². The number of hydrogen-bond donors (Lipinski definition) is 1. The number of nitrogens with one attached hydrogen (secondary N) is 1. The topological polar surface area (TPSA) is 91.4 Å². The van der Waals surface area contributed by atoms with Crippen molar-refractivity contribution in [3.8, 4) is 29.1 Å². The van der Waals surface area contributed by atoms with E-state index in [9.17, 15) is 5.26 Å². The number of hydrogen-bond acceptors (Lipinski definition) is 7. The van der Waals surface area contributed by atoms with Crippen molar-refractivity contribution in [1.82, 2.24) is 24.3 Å². The molecule has 0 bridgehead atoms. The van der Waals surface area contributed by atoms with Crippen molar-refractivity contribution in [3.63, 3.8) is 0 Å². The molecule has 1 atom stereocenters. The van der Waals surface area contributed by atoms with E-state index in [2.05, 4.69) is 37.7 Å². The highest BCUT2D eigenvalue weighted by atomic mass is 16.5. The highest BCUT2D eigenvalue weighted by Gasteiger charge is 2.27. The van der Waals surface area contributed by atoms with Gasteiger partial charge in [0.1, 0.15) is 23.2 Å². The number of pyridine rings is 1. The quantitative estimate of drug-likeness (QED) is 0.518. The third-order valence-corrected chi connectivity index (χ3v) is 5.80. The second-order valence-corrected chi connectivity index (χ2v) is 7.90. The second-order valence-electron chi connectivity index (χ2n) is 7.90. The molecule has 8 nitrogen and oxygen atoms in total. The fourth-order valence-corrected chi connectivity index (χ4v) is 4.23. The van der Waals surface area contributed by atoms with Gasteiger partial charge in [0.05, 0.1) is 11.2 Å². The number of fused-ring (bicyclic) bond motifs is 1. The summed E-state index contributed by atoms with van der Waals surface area (Å²) < 4.78 is 7.91. The fraction of sp³-hybridized carbons (Fsp3) is 0.250. The molecule has 5 rings (SSSR count). The molecule has 0 saturated carbocycles. The maximum atomic E-state index is 9.25. The van der Waals surface area contributed by atoms with Crippen LogP contribution in [0.25, 0.3) is 16.9 Å². The molecule has 1 saturated heterocycles. The molecule has 1 fully saturated rings. The first-order valence-corrected chi connectivity index (χ1v) is 10.5. The summed E-state index contributed by atoms with van der Waals surface area (Å²) >= 11 is 0. The Kier molecular flexibility index (Phi) is 5.17. The van der Waals surface area contributed by atoms with Crippen molar-refractivity contribution in [1.29, 1.82) is 5.26 Å². The second kappa shape index (κ2) is 8.29. The number of aromatic nitrogens is 4. The predicted molar refractivity (Wildman–Crippen MR) is 122 cm³/mol. The zero-order valence-electron chi connectivity index (χ0n) is 18.0. The lowest BCUT2D eigenvalue weighted by atomic mass is 10.0. The van der Waals surface area contributed by atoms with Crippen molar-refractivity contribution in [2.24, 2.45) is 0 Å². The van der Waals surface area contributed by atoms with Crippen LogP contribution in [0.1, 0.15) is 23.6 Å². The summed E-state index contributed by atoms with van der Waals surface area (Å²) in [5.41, 5.74) is 3.53. The summed E-state index contributed by atoms with van der Waals surface area (Å²) in [7, 11) is 4.02. The van der Waals surface area contributed by atoms with Crippen LogP contribution in [0, 0.1) is 11.3 Å². The van der Waals surface area contributed by atoms with Crippen LogP contribution in [0.15, 0.2) is 54.9 Å². The first-order valence-electron chi connectivity index (χ1n) is 10.5. The number of nitriles is 1. The van der Waals surface area contributed by atoms with Crippen LogP contribution in [0.2, 0.25) is 0 Å². The highest BCUT2D eigenvalue weighted by Crippen LogP contribution is 2.34. The standard InChI is InChI=1S/C24H23N7O/c1-26-24-28-12-9-20-21(18-10-13-30(2)15-18)29-22(31(20)24)16-5-7-19(8-6-16)32-23-17(14-25)4-3-11-27-23/h3-9,11-12,18H,10,13,15H2,1-2H3,(H,26,28). The Morgan fingerprint density at radius 2 is 1.97 bits per heavy atom. The predicted octanol–water partition coefficient (Wildman–Crippen LogP) is 3.92. The average Bonchev–Trinajstić information content (AvgIpc) is 3.43. The van der Waals surface area contributed by atoms with Crippen LogP contribution < -0.4 is 10.1 Å². The van der Waals surface area contributed by atoms with Gasteiger partial charge in [0, 0.05) is 37.5 Å². The van der Waals surface area contributed by atoms with Gasteiger partial charge in [0.2, 0.25) is 11.8 Å². The number of anilines is 1. The lowest BCUT2D eigenvalue weighted by molar-refractivity contribution is 0.411. The SMILES string of the molecule is CNc1nccc2c(C3CCN(C)C3)nc(-c3ccc(Oc4ncccc4C#N)cc3)n12. The van der Waals surface area contributed by atoms with Gasteiger partial charge < -0.3 is 15.0 Å². The molecule has 0 amide bonds. The summed E-state index contributed by atoms with van der Waals surface area (Å²) in [5, 5.41) is 12.4. The van der Waals surface area contributed by atoms with E-state index in [0.717, 1.165) is 48.1 Å². The van der Waals surface area contributed by atoms with E-state index < -0.39 is 0 Å². The number of rotatable bonds is 5. The molecule has 1 N–H and O–H groups in total. The molecule has 160 valence electrons. The van der Waals surface area contributed by atoms with E-state index in [0.29, 0.717) is 23.1 Å². The molecule has 4 aromatic rings. The number of likely N-dealkylation sites (N-methyl/N-ethyl adjacent to an activating group) is 1. The largest absolute Gasteiger partial charge is 0.438 e. The molecule has 1 unspecified atom stereocenters. The first-order chi connectivity index (χ1) is 15.7. The van der Waals surface area contributed by atoms with Gasteiger partial charge in [-0.1, -0.05) is 0 Å². The first kappa shape index (κ1) is 20.0. The summed E-state index contributed by atoms with van der Waals surface area (Å²) in [6.45, 7) is 2.08. The molecule has 1 aromatic carbocycles. The van der Waals surface area contributed by atoms with Gasteiger partial charge in [0.25, 0.3) is 0 Å². The van der Waals surface area contributed by atoms with Gasteiger partial charge in [-0.2, -0.15) is 5.26 Å². The molecule has 4 heterocycles. The van der Waals surface area contributed by atoms with Crippen LogP contribution in [0.3, 0.4) is 0 Å². The Bertz CT molecular complexity index is 1310. The molecule has 0 spiro atoms. The normalized spacial score (nSPS) is 16.2. The molecule has 3 aromatic heterocycles. The smallest absolute Gasteiger partial charge is 0.237 e. The summed E-state index contributed by atoms with van der Waals surface area (Å²) in [4.78, 5) is 16.1. The van der Waals surface area contributed by atoms with Gasteiger partial charge in [-0.15, -0.1) is 0 Å². The van der Waals surface area contributed by atoms with E-state index in [1.54, 1.807) is 18.3 Å². The van der Waals surface area contributed by atoms with Crippen molar-refractivity contribution in [2.75, 3.05) is 32.5 Å². The van der Waals surface area contributed by atoms with E-state index in [4.69, 9.17) is 9.72 Å². The van der Waals surface area contributed by atoms with Crippen molar-refractivity contribution in [2.45, 2.75) is 12.3 Å². The summed E-state index contributed by atoms with van der Waals surface area (Å²) in [6, 6.07) is 15.2. The van der Waals surface area contributed by atoms with E-state index in [1.807, 2.05) is 43.6 Å². The van der Waals surface area contributed by atoms with E-state index >= 15 is 0 Å². The van der Waals surface area contributed by atoms with Gasteiger partial charge in [-0.3, -0.25) is 4.40 Å². The van der Waals surface area contributed by atoms with E-state index in [-0.39, 0.29) is 0 Å². The van der Waals surface area contributed by atoms with E-state index in [1.165, 1.54) is 0 Å². The van der Waals surface area contributed by atoms with Gasteiger partial charge >= 0.3 is 0 Å². The highest BCUT2D eigenvalue weighted by molar-refractivity contribution is 5.69. The lowest BCUT2D eigenvalue weighted by Gasteiger charge is -2.09. The summed E-state index contributed by atoms with van der Waals surface area (Å²) in [5.74, 6) is 2.88. The molecular weight excluding hydrogens is 402 g/mol. The molecule has 1 aliphatic rings. The van der Waals surface area contributed by atoms with Crippen LogP contribution >= 0.6 is 0 Å². The van der Waals surface area contributed by atoms with Crippen molar-refractivity contribution >= 4 is 11.5 Å². The average molecular weight is 425 g/mol. The van der Waals surface area contributed by atoms with Crippen LogP contribution in [0.4, 0.5) is 5.95 Å². The molecular formula is C24H23N7O. The number of imidazole rings is 1. The Morgan fingerprint density at radius 1 is 1.12 bits per heavy atom. The van der Waals surface area contributed by atoms with Gasteiger partial charge in [-0.25, -0.2) is 15.0 Å². The number of nitrogens with zero attached hydrogens (tertiary/aromatic N) is 6. The van der Waals surface area contributed by atoms with Crippen LogP contribution in [0.5, 0.6) is 11.6 Å². The zero-order chi connectivity index (χ0) is 22.1. The van der Waals surface area contributed by atoms with Crippen molar-refractivity contribution < 1.29 is 4.74 Å². The Balaban J connectivity index is 1.54. The van der Waals surface area contributed by atoms with Gasteiger partial charge in [0.15, 0.2) is 0 Å². The van der Waals surface area contributed by atoms with Crippen LogP contribution in [-0.2, 0) is 0 Å². The third kappa shape index (κ3) is 3.53. The molecule has 32 heavy (non-hydrogen) atoms.